The van der Waals surface area contributed by atoms with Crippen LogP contribution in [0.1, 0.15) is 16.1 Å². The van der Waals surface area contributed by atoms with E-state index in [-0.39, 0.29) is 11.1 Å². The fourth-order valence-corrected chi connectivity index (χ4v) is 2.62. The molecule has 3 aromatic rings. The van der Waals surface area contributed by atoms with Crippen LogP contribution >= 0.6 is 0 Å². The molecule has 0 aliphatic heterocycles. The summed E-state index contributed by atoms with van der Waals surface area (Å²) in [6.07, 6.45) is -8.66. The molecule has 1 heterocycles. The number of nitrogens with zero attached hydrogens (tertiary/aromatic N) is 1. The van der Waals surface area contributed by atoms with Crippen molar-refractivity contribution in [2.45, 2.75) is 19.5 Å². The number of rotatable bonds is 4. The van der Waals surface area contributed by atoms with Crippen molar-refractivity contribution < 1.29 is 36.6 Å². The van der Waals surface area contributed by atoms with Crippen molar-refractivity contribution in [2.24, 2.45) is 0 Å². The van der Waals surface area contributed by atoms with Gasteiger partial charge in [-0.05, 0) is 43.3 Å². The fraction of sp³-hybridized carbons (Fsp3) is 0.167. The van der Waals surface area contributed by atoms with Crippen LogP contribution in [0, 0.1) is 12.7 Å². The number of carbonyl (C=O) groups is 1. The minimum Gasteiger partial charge on any atom is -0.505 e. The van der Waals surface area contributed by atoms with Crippen molar-refractivity contribution in [3.05, 3.63) is 59.5 Å². The number of aryl methyl sites for hydroxylation is 1. The van der Waals surface area contributed by atoms with Gasteiger partial charge in [0.2, 0.25) is 0 Å². The third kappa shape index (κ3) is 3.44. The number of fused-ring (bicyclic) bond motifs is 1. The molecular formula is C18H12F5NO3. The molecule has 4 nitrogen and oxygen atoms in total. The van der Waals surface area contributed by atoms with E-state index in [0.29, 0.717) is 11.1 Å². The average molecular weight is 385 g/mol. The minimum absolute atomic E-state index is 0.0387. The molecule has 0 bridgehead atoms. The first-order valence-electron chi connectivity index (χ1n) is 7.60. The van der Waals surface area contributed by atoms with Gasteiger partial charge in [0, 0.05) is 22.7 Å². The van der Waals surface area contributed by atoms with Crippen LogP contribution in [0.5, 0.6) is 11.5 Å². The van der Waals surface area contributed by atoms with E-state index in [4.69, 9.17) is 0 Å². The second-order valence-corrected chi connectivity index (χ2v) is 5.78. The van der Waals surface area contributed by atoms with Crippen LogP contribution < -0.4 is 4.74 Å². The number of phenolic OH excluding ortho intramolecular Hbond substituents is 1. The van der Waals surface area contributed by atoms with Crippen LogP contribution in [0.3, 0.4) is 0 Å². The molecule has 0 amide bonds. The van der Waals surface area contributed by atoms with Crippen molar-refractivity contribution in [1.82, 2.24) is 4.57 Å². The number of aromatic hydroxyl groups is 1. The van der Waals surface area contributed by atoms with Crippen LogP contribution in [0.4, 0.5) is 22.0 Å². The number of benzene rings is 2. The predicted molar refractivity (Wildman–Crippen MR) is 86.0 cm³/mol. The zero-order chi connectivity index (χ0) is 19.9. The molecule has 1 N–H and O–H groups in total. The third-order valence-corrected chi connectivity index (χ3v) is 3.87. The fourth-order valence-electron chi connectivity index (χ4n) is 2.62. The molecule has 0 aliphatic rings. The van der Waals surface area contributed by atoms with Gasteiger partial charge < -0.3 is 9.84 Å². The summed E-state index contributed by atoms with van der Waals surface area (Å²) in [4.78, 5) is 12.7. The van der Waals surface area contributed by atoms with Gasteiger partial charge in [0.05, 0.1) is 5.52 Å². The van der Waals surface area contributed by atoms with E-state index >= 15 is 0 Å². The summed E-state index contributed by atoms with van der Waals surface area (Å²) < 4.78 is 68.9. The van der Waals surface area contributed by atoms with Crippen molar-refractivity contribution in [2.75, 3.05) is 0 Å². The highest BCUT2D eigenvalue weighted by Gasteiger charge is 2.43. The molecule has 0 unspecified atom stereocenters. The smallest absolute Gasteiger partial charge is 0.461 e. The van der Waals surface area contributed by atoms with Gasteiger partial charge in [-0.3, -0.25) is 9.36 Å². The highest BCUT2D eigenvalue weighted by molar-refractivity contribution is 6.03. The second-order valence-electron chi connectivity index (χ2n) is 5.78. The summed E-state index contributed by atoms with van der Waals surface area (Å²) in [5.74, 6) is -2.61. The molecule has 142 valence electrons. The molecule has 9 heteroatoms. The molecule has 0 aliphatic carbocycles. The van der Waals surface area contributed by atoms with Crippen LogP contribution in [0.2, 0.25) is 0 Å². The highest BCUT2D eigenvalue weighted by atomic mass is 19.3. The highest BCUT2D eigenvalue weighted by Crippen LogP contribution is 2.29. The monoisotopic (exact) mass is 385 g/mol. The predicted octanol–water partition coefficient (Wildman–Crippen LogP) is 4.72. The number of alkyl halides is 4. The Morgan fingerprint density at radius 1 is 1.15 bits per heavy atom. The van der Waals surface area contributed by atoms with Gasteiger partial charge >= 0.3 is 12.5 Å². The van der Waals surface area contributed by atoms with Crippen LogP contribution in [-0.4, -0.2) is 28.1 Å². The number of ether oxygens (including phenoxy) is 1. The second kappa shape index (κ2) is 6.57. The largest absolute Gasteiger partial charge is 0.505 e. The lowest BCUT2D eigenvalue weighted by Crippen LogP contribution is -2.33. The van der Waals surface area contributed by atoms with Gasteiger partial charge in [-0.25, -0.2) is 4.39 Å². The normalized spacial score (nSPS) is 12.0. The summed E-state index contributed by atoms with van der Waals surface area (Å²) >= 11 is 0. The van der Waals surface area contributed by atoms with E-state index in [1.165, 1.54) is 10.6 Å². The molecule has 3 rings (SSSR count). The number of hydrogen-bond acceptors (Lipinski definition) is 3. The van der Waals surface area contributed by atoms with Crippen molar-refractivity contribution >= 4 is 16.8 Å². The molecule has 0 fully saturated rings. The number of hydrogen-bond donors (Lipinski definition) is 1. The van der Waals surface area contributed by atoms with Gasteiger partial charge in [-0.2, -0.15) is 17.6 Å². The topological polar surface area (TPSA) is 51.5 Å². The first-order valence-corrected chi connectivity index (χ1v) is 7.60. The van der Waals surface area contributed by atoms with E-state index < -0.39 is 35.8 Å². The average Bonchev–Trinajstić information content (AvgIpc) is 2.89. The van der Waals surface area contributed by atoms with Gasteiger partial charge in [0.15, 0.2) is 11.6 Å². The summed E-state index contributed by atoms with van der Waals surface area (Å²) in [5.41, 5.74) is 0.693. The summed E-state index contributed by atoms with van der Waals surface area (Å²) in [5, 5.41) is 9.86. The maximum atomic E-state index is 13.7. The van der Waals surface area contributed by atoms with Crippen LogP contribution in [0.25, 0.3) is 10.9 Å². The Balaban J connectivity index is 1.94. The zero-order valence-electron chi connectivity index (χ0n) is 13.7. The lowest BCUT2D eigenvalue weighted by atomic mass is 10.2. The Kier molecular flexibility index (Phi) is 4.54. The van der Waals surface area contributed by atoms with E-state index in [1.807, 2.05) is 0 Å². The summed E-state index contributed by atoms with van der Waals surface area (Å²) in [7, 11) is 0. The van der Waals surface area contributed by atoms with Crippen LogP contribution in [0.15, 0.2) is 42.5 Å². The zero-order valence-corrected chi connectivity index (χ0v) is 13.7. The Bertz CT molecular complexity index is 1010. The first kappa shape index (κ1) is 18.7. The van der Waals surface area contributed by atoms with E-state index in [0.717, 1.165) is 30.3 Å². The van der Waals surface area contributed by atoms with Gasteiger partial charge in [0.1, 0.15) is 5.75 Å². The lowest BCUT2D eigenvalue weighted by Gasteiger charge is -2.16. The van der Waals surface area contributed by atoms with Crippen molar-refractivity contribution in [1.29, 1.82) is 0 Å². The van der Waals surface area contributed by atoms with Crippen molar-refractivity contribution in [3.63, 3.8) is 0 Å². The molecule has 0 saturated heterocycles. The van der Waals surface area contributed by atoms with E-state index in [2.05, 4.69) is 4.74 Å². The Morgan fingerprint density at radius 3 is 2.37 bits per heavy atom. The van der Waals surface area contributed by atoms with Crippen LogP contribution in [-0.2, 0) is 0 Å². The number of phenols is 1. The van der Waals surface area contributed by atoms with Gasteiger partial charge in [-0.1, -0.05) is 0 Å². The van der Waals surface area contributed by atoms with E-state index in [9.17, 15) is 31.9 Å². The van der Waals surface area contributed by atoms with E-state index in [1.54, 1.807) is 13.0 Å². The Labute approximate surface area is 149 Å². The number of carbonyl (C=O) groups excluding carboxylic acids is 1. The molecule has 2 aromatic carbocycles. The SMILES string of the molecule is Cc1cc2cc(O)c(F)cc2n1C(=O)c1ccc(OC(F)(F)C(F)F)cc1. The molecule has 27 heavy (non-hydrogen) atoms. The first-order chi connectivity index (χ1) is 12.6. The molecule has 0 spiro atoms. The maximum Gasteiger partial charge on any atom is 0.461 e. The maximum absolute atomic E-state index is 13.7. The Morgan fingerprint density at radius 2 is 1.78 bits per heavy atom. The quantitative estimate of drug-likeness (QED) is 0.662. The number of aromatic nitrogens is 1. The molecule has 0 radical (unpaired) electrons. The third-order valence-electron chi connectivity index (χ3n) is 3.87. The molecular weight excluding hydrogens is 373 g/mol. The number of halogens is 5. The van der Waals surface area contributed by atoms with Crippen molar-refractivity contribution in [3.8, 4) is 11.5 Å². The molecule has 1 aromatic heterocycles. The summed E-state index contributed by atoms with van der Waals surface area (Å²) in [6, 6.07) is 7.89. The lowest BCUT2D eigenvalue weighted by molar-refractivity contribution is -0.253. The molecule has 0 atom stereocenters. The Hall–Kier alpha value is -3.10. The van der Waals surface area contributed by atoms with Gasteiger partial charge in [-0.15, -0.1) is 0 Å². The molecule has 0 saturated carbocycles. The summed E-state index contributed by atoms with van der Waals surface area (Å²) in [6.45, 7) is 1.59. The standard InChI is InChI=1S/C18H12F5NO3/c1-9-6-11-7-15(25)13(19)8-14(11)24(9)16(26)10-2-4-12(5-3-10)27-18(22,23)17(20)21/h2-8,17,25H,1H3. The van der Waals surface area contributed by atoms with Gasteiger partial charge in [0.25, 0.3) is 5.91 Å². The minimum atomic E-state index is -4.65.